The lowest BCUT2D eigenvalue weighted by molar-refractivity contribution is 0.217. The van der Waals surface area contributed by atoms with Crippen molar-refractivity contribution < 1.29 is 4.74 Å². The van der Waals surface area contributed by atoms with Gasteiger partial charge in [-0.15, -0.1) is 0 Å². The molecule has 1 aromatic rings. The fraction of sp³-hybridized carbons (Fsp3) is 0.647. The third-order valence-electron chi connectivity index (χ3n) is 4.14. The molecular weight excluding hydrogens is 270 g/mol. The second-order valence-electron chi connectivity index (χ2n) is 6.74. The van der Waals surface area contributed by atoms with E-state index in [-0.39, 0.29) is 6.10 Å². The Morgan fingerprint density at radius 2 is 2.05 bits per heavy atom. The minimum absolute atomic E-state index is 0.142. The maximum Gasteiger partial charge on any atom is 0.138 e. The molecule has 2 nitrogen and oxygen atoms in total. The third kappa shape index (κ3) is 3.82. The lowest BCUT2D eigenvalue weighted by Gasteiger charge is -2.39. The molecule has 0 spiro atoms. The Morgan fingerprint density at radius 1 is 1.30 bits per heavy atom. The van der Waals surface area contributed by atoms with Crippen LogP contribution in [0.1, 0.15) is 53.4 Å². The standard InChI is InChI=1S/C17H26ClNO/c1-12(2)20-15-9-8-13(11-14(15)18)19-16-7-5-6-10-17(16,3)4/h8-9,11-12,16,19H,5-7,10H2,1-4H3. The summed E-state index contributed by atoms with van der Waals surface area (Å²) in [5.74, 6) is 0.759. The molecule has 112 valence electrons. The molecule has 1 aromatic carbocycles. The quantitative estimate of drug-likeness (QED) is 0.791. The van der Waals surface area contributed by atoms with Crippen molar-refractivity contribution in [3.05, 3.63) is 23.2 Å². The molecule has 1 aliphatic rings. The summed E-state index contributed by atoms with van der Waals surface area (Å²) < 4.78 is 5.67. The fourth-order valence-corrected chi connectivity index (χ4v) is 3.13. The topological polar surface area (TPSA) is 21.3 Å². The molecule has 0 saturated heterocycles. The molecule has 2 rings (SSSR count). The van der Waals surface area contributed by atoms with Gasteiger partial charge in [0.05, 0.1) is 11.1 Å². The highest BCUT2D eigenvalue weighted by molar-refractivity contribution is 6.32. The van der Waals surface area contributed by atoms with E-state index in [1.165, 1.54) is 25.7 Å². The number of rotatable bonds is 4. The highest BCUT2D eigenvalue weighted by atomic mass is 35.5. The molecule has 0 aromatic heterocycles. The van der Waals surface area contributed by atoms with Crippen molar-refractivity contribution in [3.63, 3.8) is 0 Å². The molecule has 3 heteroatoms. The van der Waals surface area contributed by atoms with Crippen LogP contribution in [-0.4, -0.2) is 12.1 Å². The molecule has 0 amide bonds. The lowest BCUT2D eigenvalue weighted by atomic mass is 9.73. The van der Waals surface area contributed by atoms with Gasteiger partial charge in [0, 0.05) is 11.7 Å². The van der Waals surface area contributed by atoms with Crippen LogP contribution in [0.15, 0.2) is 18.2 Å². The zero-order valence-electron chi connectivity index (χ0n) is 13.0. The highest BCUT2D eigenvalue weighted by Gasteiger charge is 2.32. The van der Waals surface area contributed by atoms with Gasteiger partial charge >= 0.3 is 0 Å². The van der Waals surface area contributed by atoms with Crippen molar-refractivity contribution in [2.45, 2.75) is 65.5 Å². The average Bonchev–Trinajstić information content (AvgIpc) is 2.35. The molecule has 0 aliphatic heterocycles. The summed E-state index contributed by atoms with van der Waals surface area (Å²) in [6, 6.07) is 6.52. The van der Waals surface area contributed by atoms with Crippen LogP contribution in [0.2, 0.25) is 5.02 Å². The predicted octanol–water partition coefficient (Wildman–Crippen LogP) is 5.51. The molecular formula is C17H26ClNO. The minimum Gasteiger partial charge on any atom is -0.489 e. The third-order valence-corrected chi connectivity index (χ3v) is 4.44. The van der Waals surface area contributed by atoms with E-state index in [0.717, 1.165) is 11.4 Å². The molecule has 1 atom stereocenters. The van der Waals surface area contributed by atoms with Crippen LogP contribution < -0.4 is 10.1 Å². The normalized spacial score (nSPS) is 21.8. The van der Waals surface area contributed by atoms with Gasteiger partial charge in [-0.2, -0.15) is 0 Å². The van der Waals surface area contributed by atoms with E-state index < -0.39 is 0 Å². The minimum atomic E-state index is 0.142. The van der Waals surface area contributed by atoms with Gasteiger partial charge in [0.25, 0.3) is 0 Å². The summed E-state index contributed by atoms with van der Waals surface area (Å²) in [6.45, 7) is 8.71. The van der Waals surface area contributed by atoms with Gasteiger partial charge in [-0.25, -0.2) is 0 Å². The predicted molar refractivity (Wildman–Crippen MR) is 86.9 cm³/mol. The maximum absolute atomic E-state index is 6.30. The summed E-state index contributed by atoms with van der Waals surface area (Å²) in [5.41, 5.74) is 1.43. The van der Waals surface area contributed by atoms with Crippen molar-refractivity contribution in [3.8, 4) is 5.75 Å². The summed E-state index contributed by atoms with van der Waals surface area (Å²) >= 11 is 6.30. The van der Waals surface area contributed by atoms with Gasteiger partial charge in [-0.3, -0.25) is 0 Å². The van der Waals surface area contributed by atoms with E-state index in [9.17, 15) is 0 Å². The molecule has 1 aliphatic carbocycles. The summed E-state index contributed by atoms with van der Waals surface area (Å²) in [4.78, 5) is 0. The zero-order chi connectivity index (χ0) is 14.8. The van der Waals surface area contributed by atoms with Crippen molar-refractivity contribution in [2.75, 3.05) is 5.32 Å². The summed E-state index contributed by atoms with van der Waals surface area (Å²) in [6.07, 6.45) is 5.31. The van der Waals surface area contributed by atoms with Gasteiger partial charge in [-0.05, 0) is 50.3 Å². The van der Waals surface area contributed by atoms with Crippen LogP contribution >= 0.6 is 11.6 Å². The van der Waals surface area contributed by atoms with Crippen LogP contribution in [0.4, 0.5) is 5.69 Å². The number of ether oxygens (including phenoxy) is 1. The second kappa shape index (κ2) is 6.26. The Hall–Kier alpha value is -0.890. The Morgan fingerprint density at radius 3 is 2.65 bits per heavy atom. The van der Waals surface area contributed by atoms with Crippen LogP contribution in [0, 0.1) is 5.41 Å². The van der Waals surface area contributed by atoms with Crippen molar-refractivity contribution in [2.24, 2.45) is 5.41 Å². The van der Waals surface area contributed by atoms with Crippen molar-refractivity contribution in [1.82, 2.24) is 0 Å². The molecule has 1 fully saturated rings. The molecule has 20 heavy (non-hydrogen) atoms. The number of nitrogens with one attached hydrogen (secondary N) is 1. The van der Waals surface area contributed by atoms with Gasteiger partial charge in [0.2, 0.25) is 0 Å². The summed E-state index contributed by atoms with van der Waals surface area (Å²) in [5, 5.41) is 4.33. The van der Waals surface area contributed by atoms with Gasteiger partial charge < -0.3 is 10.1 Å². The number of benzene rings is 1. The van der Waals surface area contributed by atoms with Crippen molar-refractivity contribution in [1.29, 1.82) is 0 Å². The molecule has 1 unspecified atom stereocenters. The van der Waals surface area contributed by atoms with Crippen LogP contribution in [-0.2, 0) is 0 Å². The molecule has 1 N–H and O–H groups in total. The Balaban J connectivity index is 2.08. The smallest absolute Gasteiger partial charge is 0.138 e. The molecule has 0 radical (unpaired) electrons. The first-order chi connectivity index (χ1) is 9.38. The van der Waals surface area contributed by atoms with E-state index in [4.69, 9.17) is 16.3 Å². The summed E-state index contributed by atoms with van der Waals surface area (Å²) in [7, 11) is 0. The van der Waals surface area contributed by atoms with Crippen LogP contribution in [0.3, 0.4) is 0 Å². The number of halogens is 1. The molecule has 0 heterocycles. The van der Waals surface area contributed by atoms with Gasteiger partial charge in [0.15, 0.2) is 0 Å². The maximum atomic E-state index is 6.30. The van der Waals surface area contributed by atoms with E-state index in [1.807, 2.05) is 26.0 Å². The number of anilines is 1. The first kappa shape index (κ1) is 15.5. The number of hydrogen-bond acceptors (Lipinski definition) is 2. The lowest BCUT2D eigenvalue weighted by Crippen LogP contribution is -2.38. The average molecular weight is 296 g/mol. The van der Waals surface area contributed by atoms with Crippen molar-refractivity contribution >= 4 is 17.3 Å². The Bertz CT molecular complexity index is 456. The van der Waals surface area contributed by atoms with E-state index in [2.05, 4.69) is 25.2 Å². The van der Waals surface area contributed by atoms with E-state index >= 15 is 0 Å². The number of hydrogen-bond donors (Lipinski definition) is 1. The van der Waals surface area contributed by atoms with Gasteiger partial charge in [0.1, 0.15) is 5.75 Å². The largest absolute Gasteiger partial charge is 0.489 e. The first-order valence-corrected chi connectivity index (χ1v) is 7.99. The molecule has 1 saturated carbocycles. The first-order valence-electron chi connectivity index (χ1n) is 7.61. The van der Waals surface area contributed by atoms with Crippen LogP contribution in [0.5, 0.6) is 5.75 Å². The highest BCUT2D eigenvalue weighted by Crippen LogP contribution is 2.38. The SMILES string of the molecule is CC(C)Oc1ccc(NC2CCCCC2(C)C)cc1Cl. The van der Waals surface area contributed by atoms with Crippen LogP contribution in [0.25, 0.3) is 0 Å². The Labute approximate surface area is 127 Å². The van der Waals surface area contributed by atoms with E-state index in [0.29, 0.717) is 16.5 Å². The Kier molecular flexibility index (Phi) is 4.85. The van der Waals surface area contributed by atoms with Gasteiger partial charge in [-0.1, -0.05) is 38.3 Å². The monoisotopic (exact) mass is 295 g/mol. The molecule has 0 bridgehead atoms. The van der Waals surface area contributed by atoms with E-state index in [1.54, 1.807) is 0 Å². The second-order valence-corrected chi connectivity index (χ2v) is 7.15. The fourth-order valence-electron chi connectivity index (χ4n) is 2.90. The zero-order valence-corrected chi connectivity index (χ0v) is 13.8.